The molecule has 1 aromatic heterocycles. The summed E-state index contributed by atoms with van der Waals surface area (Å²) in [6, 6.07) is 24.4. The van der Waals surface area contributed by atoms with Crippen LogP contribution in [0.1, 0.15) is 17.3 Å². The van der Waals surface area contributed by atoms with Gasteiger partial charge in [-0.05, 0) is 31.2 Å². The molecule has 0 bridgehead atoms. The second-order valence-corrected chi connectivity index (χ2v) is 5.44. The monoisotopic (exact) mass is 285 g/mol. The molecule has 106 valence electrons. The molecule has 0 amide bonds. The van der Waals surface area contributed by atoms with Crippen LogP contribution in [0.25, 0.3) is 27.5 Å². The van der Waals surface area contributed by atoms with Gasteiger partial charge in [0.2, 0.25) is 0 Å². The molecule has 0 aliphatic rings. The summed E-state index contributed by atoms with van der Waals surface area (Å²) in [5.74, 6) is 0.0810. The number of carbonyl (C=O) groups is 1. The van der Waals surface area contributed by atoms with Crippen LogP contribution in [-0.4, -0.2) is 10.4 Å². The van der Waals surface area contributed by atoms with Gasteiger partial charge in [-0.3, -0.25) is 4.79 Å². The van der Waals surface area contributed by atoms with Crippen molar-refractivity contribution in [3.63, 3.8) is 0 Å². The van der Waals surface area contributed by atoms with Gasteiger partial charge in [0.15, 0.2) is 5.78 Å². The number of hydrogen-bond acceptors (Lipinski definition) is 1. The average Bonchev–Trinajstić information content (AvgIpc) is 2.89. The van der Waals surface area contributed by atoms with Crippen LogP contribution < -0.4 is 0 Å². The van der Waals surface area contributed by atoms with Crippen LogP contribution in [0.5, 0.6) is 0 Å². The zero-order chi connectivity index (χ0) is 15.1. The molecule has 0 fully saturated rings. The molecule has 0 aliphatic carbocycles. The second-order valence-electron chi connectivity index (χ2n) is 5.44. The van der Waals surface area contributed by atoms with E-state index in [1.165, 1.54) is 10.8 Å². The fourth-order valence-electron chi connectivity index (χ4n) is 3.15. The maximum Gasteiger partial charge on any atom is 0.161 e. The Morgan fingerprint density at radius 1 is 0.727 bits per heavy atom. The summed E-state index contributed by atoms with van der Waals surface area (Å²) >= 11 is 0. The van der Waals surface area contributed by atoms with Crippen molar-refractivity contribution in [1.82, 2.24) is 4.57 Å². The normalized spacial score (nSPS) is 11.1. The van der Waals surface area contributed by atoms with Gasteiger partial charge in [0.05, 0.1) is 16.7 Å². The average molecular weight is 285 g/mol. The fourth-order valence-corrected chi connectivity index (χ4v) is 3.15. The Bertz CT molecular complexity index is 957. The van der Waals surface area contributed by atoms with Gasteiger partial charge in [-0.1, -0.05) is 48.5 Å². The molecule has 0 saturated heterocycles. The lowest BCUT2D eigenvalue weighted by Gasteiger charge is -2.11. The first-order valence-corrected chi connectivity index (χ1v) is 7.36. The van der Waals surface area contributed by atoms with Gasteiger partial charge in [-0.2, -0.15) is 0 Å². The van der Waals surface area contributed by atoms with Crippen LogP contribution in [-0.2, 0) is 0 Å². The lowest BCUT2D eigenvalue weighted by molar-refractivity contribution is 0.101. The number of carbonyl (C=O) groups excluding carboxylic acids is 1. The van der Waals surface area contributed by atoms with Gasteiger partial charge in [-0.25, -0.2) is 0 Å². The van der Waals surface area contributed by atoms with Crippen molar-refractivity contribution in [2.24, 2.45) is 0 Å². The van der Waals surface area contributed by atoms with Gasteiger partial charge in [-0.15, -0.1) is 0 Å². The van der Waals surface area contributed by atoms with Crippen LogP contribution in [0.15, 0.2) is 72.8 Å². The molecule has 0 unspecified atom stereocenters. The summed E-state index contributed by atoms with van der Waals surface area (Å²) in [4.78, 5) is 12.0. The fraction of sp³-hybridized carbons (Fsp3) is 0.0500. The molecule has 0 aliphatic heterocycles. The first-order valence-electron chi connectivity index (χ1n) is 7.36. The highest BCUT2D eigenvalue weighted by molar-refractivity contribution is 6.10. The number of aromatic nitrogens is 1. The lowest BCUT2D eigenvalue weighted by atomic mass is 10.1. The molecule has 0 atom stereocenters. The van der Waals surface area contributed by atoms with Gasteiger partial charge >= 0.3 is 0 Å². The Labute approximate surface area is 128 Å². The Hall–Kier alpha value is -2.87. The molecule has 1 heterocycles. The quantitative estimate of drug-likeness (QED) is 0.476. The number of hydrogen-bond donors (Lipinski definition) is 0. The lowest BCUT2D eigenvalue weighted by Crippen LogP contribution is -2.02. The molecule has 2 nitrogen and oxygen atoms in total. The number of Topliss-reactive ketones (excluding diaryl/α,β-unsaturated/α-hetero) is 1. The molecular weight excluding hydrogens is 270 g/mol. The zero-order valence-corrected chi connectivity index (χ0v) is 12.3. The Balaban J connectivity index is 2.21. The molecule has 4 aromatic rings. The predicted molar refractivity (Wildman–Crippen MR) is 90.8 cm³/mol. The molecule has 22 heavy (non-hydrogen) atoms. The molecule has 4 rings (SSSR count). The maximum absolute atomic E-state index is 12.0. The number of nitrogens with zero attached hydrogens (tertiary/aromatic N) is 1. The molecule has 0 radical (unpaired) electrons. The molecule has 2 heteroatoms. The zero-order valence-electron chi connectivity index (χ0n) is 12.3. The highest BCUT2D eigenvalue weighted by Gasteiger charge is 2.15. The van der Waals surface area contributed by atoms with E-state index in [0.717, 1.165) is 22.3 Å². The van der Waals surface area contributed by atoms with E-state index in [0.29, 0.717) is 0 Å². The van der Waals surface area contributed by atoms with E-state index in [4.69, 9.17) is 0 Å². The van der Waals surface area contributed by atoms with Crippen LogP contribution >= 0.6 is 0 Å². The van der Waals surface area contributed by atoms with Crippen molar-refractivity contribution in [3.8, 4) is 5.69 Å². The standard InChI is InChI=1S/C20H15NO/c1-14(22)15-8-2-5-11-18(15)21-19-12-6-3-9-16(19)17-10-4-7-13-20(17)21/h2-13H,1H3. The van der Waals surface area contributed by atoms with Crippen molar-refractivity contribution in [1.29, 1.82) is 0 Å². The van der Waals surface area contributed by atoms with E-state index >= 15 is 0 Å². The number of fused-ring (bicyclic) bond motifs is 3. The van der Waals surface area contributed by atoms with Gasteiger partial charge in [0, 0.05) is 16.3 Å². The molecule has 0 spiro atoms. The highest BCUT2D eigenvalue weighted by Crippen LogP contribution is 2.32. The van der Waals surface area contributed by atoms with E-state index in [9.17, 15) is 4.79 Å². The van der Waals surface area contributed by atoms with Crippen molar-refractivity contribution in [2.75, 3.05) is 0 Å². The summed E-state index contributed by atoms with van der Waals surface area (Å²) in [5.41, 5.74) is 3.93. The van der Waals surface area contributed by atoms with Crippen molar-refractivity contribution < 1.29 is 4.79 Å². The minimum atomic E-state index is 0.0810. The third-order valence-electron chi connectivity index (χ3n) is 4.10. The summed E-state index contributed by atoms with van der Waals surface area (Å²) in [6.45, 7) is 1.62. The van der Waals surface area contributed by atoms with Crippen molar-refractivity contribution in [3.05, 3.63) is 78.4 Å². The molecular formula is C20H15NO. The molecule has 3 aromatic carbocycles. The summed E-state index contributed by atoms with van der Waals surface area (Å²) in [5, 5.41) is 2.41. The van der Waals surface area contributed by atoms with E-state index in [1.807, 2.05) is 36.4 Å². The topological polar surface area (TPSA) is 22.0 Å². The Morgan fingerprint density at radius 2 is 1.23 bits per heavy atom. The third-order valence-corrected chi connectivity index (χ3v) is 4.10. The minimum absolute atomic E-state index is 0.0810. The smallest absolute Gasteiger partial charge is 0.161 e. The largest absolute Gasteiger partial charge is 0.309 e. The number of rotatable bonds is 2. The molecule has 0 saturated carbocycles. The number of ketones is 1. The van der Waals surface area contributed by atoms with Crippen LogP contribution in [0.4, 0.5) is 0 Å². The Kier molecular flexibility index (Phi) is 2.83. The van der Waals surface area contributed by atoms with E-state index in [2.05, 4.69) is 41.0 Å². The predicted octanol–water partition coefficient (Wildman–Crippen LogP) is 4.99. The van der Waals surface area contributed by atoms with E-state index in [1.54, 1.807) is 6.92 Å². The summed E-state index contributed by atoms with van der Waals surface area (Å²) < 4.78 is 2.18. The van der Waals surface area contributed by atoms with Crippen molar-refractivity contribution in [2.45, 2.75) is 6.92 Å². The SMILES string of the molecule is CC(=O)c1ccccc1-n1c2ccccc2c2ccccc21. The number of para-hydroxylation sites is 3. The van der Waals surface area contributed by atoms with Gasteiger partial charge in [0.25, 0.3) is 0 Å². The first kappa shape index (κ1) is 12.8. The van der Waals surface area contributed by atoms with Crippen LogP contribution in [0.2, 0.25) is 0 Å². The highest BCUT2D eigenvalue weighted by atomic mass is 16.1. The summed E-state index contributed by atoms with van der Waals surface area (Å²) in [7, 11) is 0. The minimum Gasteiger partial charge on any atom is -0.309 e. The van der Waals surface area contributed by atoms with Crippen LogP contribution in [0, 0.1) is 0 Å². The molecule has 0 N–H and O–H groups in total. The van der Waals surface area contributed by atoms with Gasteiger partial charge in [0.1, 0.15) is 0 Å². The third kappa shape index (κ3) is 1.77. The number of benzene rings is 3. The summed E-state index contributed by atoms with van der Waals surface area (Å²) in [6.07, 6.45) is 0. The van der Waals surface area contributed by atoms with E-state index in [-0.39, 0.29) is 5.78 Å². The van der Waals surface area contributed by atoms with E-state index < -0.39 is 0 Å². The van der Waals surface area contributed by atoms with Crippen LogP contribution in [0.3, 0.4) is 0 Å². The van der Waals surface area contributed by atoms with Crippen molar-refractivity contribution >= 4 is 27.6 Å². The first-order chi connectivity index (χ1) is 10.8. The second kappa shape index (κ2) is 4.85. The Morgan fingerprint density at radius 3 is 1.82 bits per heavy atom. The maximum atomic E-state index is 12.0. The van der Waals surface area contributed by atoms with Gasteiger partial charge < -0.3 is 4.57 Å².